The molecule has 0 saturated carbocycles. The smallest absolute Gasteiger partial charge is 0.347 e. The highest BCUT2D eigenvalue weighted by molar-refractivity contribution is 6.05. The molecule has 0 bridgehead atoms. The first-order valence-corrected chi connectivity index (χ1v) is 13.7. The van der Waals surface area contributed by atoms with Crippen LogP contribution in [0.3, 0.4) is 0 Å². The van der Waals surface area contributed by atoms with Crippen molar-refractivity contribution >= 4 is 46.1 Å². The van der Waals surface area contributed by atoms with Gasteiger partial charge >= 0.3 is 5.63 Å². The van der Waals surface area contributed by atoms with Gasteiger partial charge in [-0.15, -0.1) is 0 Å². The summed E-state index contributed by atoms with van der Waals surface area (Å²) in [6, 6.07) is 11.1. The Labute approximate surface area is 248 Å². The molecule has 228 valence electrons. The van der Waals surface area contributed by atoms with E-state index in [2.05, 4.69) is 20.9 Å². The molecule has 0 aliphatic rings. The van der Waals surface area contributed by atoms with Crippen LogP contribution in [0.4, 0.5) is 5.69 Å². The molecule has 3 amide bonds. The van der Waals surface area contributed by atoms with Gasteiger partial charge in [-0.1, -0.05) is 32.0 Å². The van der Waals surface area contributed by atoms with E-state index in [0.29, 0.717) is 28.6 Å². The molecular formula is C30H37N7O6. The number of amides is 3. The quantitative estimate of drug-likeness (QED) is 0.0415. The summed E-state index contributed by atoms with van der Waals surface area (Å²) in [6.07, 6.45) is 0.395. The van der Waals surface area contributed by atoms with E-state index in [1.807, 2.05) is 0 Å². The number of rotatable bonds is 13. The SMILES string of the molecule is Cc1c(C(=O)[C@H](CCCN=C(N)N)NC(=O)CNC(=O)[C@@H](NC(=O)c2ccccc2)C(C)C)c(=O)oc2cc(N)ccc12. The van der Waals surface area contributed by atoms with Crippen molar-refractivity contribution in [2.75, 3.05) is 18.8 Å². The van der Waals surface area contributed by atoms with Gasteiger partial charge in [-0.3, -0.25) is 24.2 Å². The molecule has 3 rings (SSSR count). The van der Waals surface area contributed by atoms with Crippen LogP contribution >= 0.6 is 0 Å². The maximum absolute atomic E-state index is 13.6. The Morgan fingerprint density at radius 1 is 1.00 bits per heavy atom. The van der Waals surface area contributed by atoms with Gasteiger partial charge in [-0.25, -0.2) is 4.79 Å². The van der Waals surface area contributed by atoms with Crippen LogP contribution < -0.4 is 38.8 Å². The first-order valence-electron chi connectivity index (χ1n) is 13.7. The predicted octanol–water partition coefficient (Wildman–Crippen LogP) is 0.976. The third-order valence-corrected chi connectivity index (χ3v) is 6.73. The summed E-state index contributed by atoms with van der Waals surface area (Å²) in [5.41, 5.74) is 16.9. The maximum Gasteiger partial charge on any atom is 0.347 e. The minimum Gasteiger partial charge on any atom is -0.422 e. The fourth-order valence-corrected chi connectivity index (χ4v) is 4.48. The average Bonchev–Trinajstić information content (AvgIpc) is 2.95. The van der Waals surface area contributed by atoms with Crippen molar-refractivity contribution in [1.82, 2.24) is 16.0 Å². The molecule has 0 aliphatic heterocycles. The predicted molar refractivity (Wildman–Crippen MR) is 163 cm³/mol. The van der Waals surface area contributed by atoms with E-state index >= 15 is 0 Å². The molecule has 2 aromatic carbocycles. The number of hydrogen-bond donors (Lipinski definition) is 6. The average molecular weight is 592 g/mol. The molecule has 0 aliphatic carbocycles. The van der Waals surface area contributed by atoms with Gasteiger partial charge in [-0.05, 0) is 55.5 Å². The Hall–Kier alpha value is -5.20. The number of benzene rings is 2. The third-order valence-electron chi connectivity index (χ3n) is 6.73. The van der Waals surface area contributed by atoms with E-state index in [1.54, 1.807) is 63.2 Å². The number of nitrogens with one attached hydrogen (secondary N) is 3. The Morgan fingerprint density at radius 3 is 2.35 bits per heavy atom. The zero-order valence-electron chi connectivity index (χ0n) is 24.3. The van der Waals surface area contributed by atoms with Crippen molar-refractivity contribution < 1.29 is 23.6 Å². The number of aryl methyl sites for hydroxylation is 1. The Kier molecular flexibility index (Phi) is 11.0. The molecule has 3 aromatic rings. The highest BCUT2D eigenvalue weighted by atomic mass is 16.4. The van der Waals surface area contributed by atoms with Gasteiger partial charge in [0.15, 0.2) is 11.7 Å². The molecule has 0 unspecified atom stereocenters. The van der Waals surface area contributed by atoms with E-state index < -0.39 is 47.8 Å². The molecule has 0 radical (unpaired) electrons. The van der Waals surface area contributed by atoms with E-state index in [9.17, 15) is 24.0 Å². The van der Waals surface area contributed by atoms with Crippen molar-refractivity contribution in [3.05, 3.63) is 75.6 Å². The summed E-state index contributed by atoms with van der Waals surface area (Å²) >= 11 is 0. The standard InChI is InChI=1S/C30H37N7O6/c1-16(2)25(37-27(40)18-8-5-4-6-9-18)28(41)35-15-23(38)36-21(10-7-13-34-30(32)33)26(39)24-17(3)20-12-11-19(31)14-22(20)43-29(24)42/h4-6,8-9,11-12,14,16,21,25H,7,10,13,15,31H2,1-3H3,(H,35,41)(H,36,38)(H,37,40)(H4,32,33,34)/t21-,25-/m0/s1. The van der Waals surface area contributed by atoms with Gasteiger partial charge < -0.3 is 37.6 Å². The fraction of sp³-hybridized carbons (Fsp3) is 0.333. The maximum atomic E-state index is 13.6. The Morgan fingerprint density at radius 2 is 1.70 bits per heavy atom. The molecule has 1 aromatic heterocycles. The Bertz CT molecular complexity index is 1580. The van der Waals surface area contributed by atoms with Gasteiger partial charge in [0, 0.05) is 29.2 Å². The van der Waals surface area contributed by atoms with Gasteiger partial charge in [0.05, 0.1) is 12.6 Å². The second-order valence-corrected chi connectivity index (χ2v) is 10.4. The minimum absolute atomic E-state index is 0.0930. The Balaban J connectivity index is 1.75. The molecule has 0 saturated heterocycles. The number of ketones is 1. The lowest BCUT2D eigenvalue weighted by atomic mass is 9.96. The van der Waals surface area contributed by atoms with Crippen LogP contribution in [0, 0.1) is 12.8 Å². The van der Waals surface area contributed by atoms with Crippen LogP contribution in [-0.2, 0) is 9.59 Å². The molecule has 2 atom stereocenters. The van der Waals surface area contributed by atoms with Crippen LogP contribution in [0.15, 0.2) is 62.7 Å². The van der Waals surface area contributed by atoms with Gasteiger partial charge in [-0.2, -0.15) is 0 Å². The number of fused-ring (bicyclic) bond motifs is 1. The van der Waals surface area contributed by atoms with E-state index in [0.717, 1.165) is 0 Å². The number of Topliss-reactive ketones (excluding diaryl/α,β-unsaturated/α-hetero) is 1. The molecule has 0 spiro atoms. The number of carbonyl (C=O) groups is 4. The first-order chi connectivity index (χ1) is 20.4. The number of nitrogen functional groups attached to an aromatic ring is 1. The number of hydrogen-bond acceptors (Lipinski definition) is 8. The number of guanidine groups is 1. The van der Waals surface area contributed by atoms with Crippen molar-refractivity contribution in [1.29, 1.82) is 0 Å². The molecular weight excluding hydrogens is 554 g/mol. The molecule has 43 heavy (non-hydrogen) atoms. The minimum atomic E-state index is -1.15. The second-order valence-electron chi connectivity index (χ2n) is 10.4. The molecule has 13 heteroatoms. The lowest BCUT2D eigenvalue weighted by Crippen LogP contribution is -2.52. The first kappa shape index (κ1) is 32.3. The monoisotopic (exact) mass is 591 g/mol. The number of nitrogens with zero attached hydrogens (tertiary/aromatic N) is 1. The van der Waals surface area contributed by atoms with Crippen LogP contribution in [0.5, 0.6) is 0 Å². The lowest BCUT2D eigenvalue weighted by molar-refractivity contribution is -0.128. The van der Waals surface area contributed by atoms with Crippen LogP contribution in [0.2, 0.25) is 0 Å². The molecule has 9 N–H and O–H groups in total. The van der Waals surface area contributed by atoms with Crippen molar-refractivity contribution in [3.63, 3.8) is 0 Å². The van der Waals surface area contributed by atoms with Crippen LogP contribution in [0.25, 0.3) is 11.0 Å². The van der Waals surface area contributed by atoms with Crippen molar-refractivity contribution in [2.45, 2.75) is 45.7 Å². The van der Waals surface area contributed by atoms with E-state index in [4.69, 9.17) is 21.6 Å². The number of aliphatic imine (C=N–C) groups is 1. The summed E-state index contributed by atoms with van der Waals surface area (Å²) in [5.74, 6) is -2.76. The summed E-state index contributed by atoms with van der Waals surface area (Å²) < 4.78 is 5.36. The zero-order valence-corrected chi connectivity index (χ0v) is 24.3. The number of nitrogens with two attached hydrogens (primary N) is 3. The zero-order chi connectivity index (χ0) is 31.7. The van der Waals surface area contributed by atoms with Crippen molar-refractivity contribution in [3.8, 4) is 0 Å². The highest BCUT2D eigenvalue weighted by Gasteiger charge is 2.29. The van der Waals surface area contributed by atoms with Crippen LogP contribution in [0.1, 0.15) is 53.0 Å². The highest BCUT2D eigenvalue weighted by Crippen LogP contribution is 2.23. The number of anilines is 1. The number of carbonyl (C=O) groups excluding carboxylic acids is 4. The summed E-state index contributed by atoms with van der Waals surface area (Å²) in [6.45, 7) is 4.82. The normalized spacial score (nSPS) is 12.3. The van der Waals surface area contributed by atoms with Gasteiger partial charge in [0.25, 0.3) is 5.91 Å². The third kappa shape index (κ3) is 8.64. The molecule has 0 fully saturated rings. The van der Waals surface area contributed by atoms with E-state index in [-0.39, 0.29) is 36.0 Å². The lowest BCUT2D eigenvalue weighted by Gasteiger charge is -2.22. The molecule has 13 nitrogen and oxygen atoms in total. The van der Waals surface area contributed by atoms with Gasteiger partial charge in [0.1, 0.15) is 17.2 Å². The van der Waals surface area contributed by atoms with Gasteiger partial charge in [0.2, 0.25) is 11.8 Å². The largest absolute Gasteiger partial charge is 0.422 e. The van der Waals surface area contributed by atoms with Crippen molar-refractivity contribution in [2.24, 2.45) is 22.4 Å². The summed E-state index contributed by atoms with van der Waals surface area (Å²) in [7, 11) is 0. The van der Waals surface area contributed by atoms with Crippen LogP contribution in [-0.4, -0.2) is 54.6 Å². The second kappa shape index (κ2) is 14.6. The molecule has 1 heterocycles. The van der Waals surface area contributed by atoms with E-state index in [1.165, 1.54) is 6.07 Å². The topological polar surface area (TPSA) is 225 Å². The summed E-state index contributed by atoms with van der Waals surface area (Å²) in [4.78, 5) is 68.9. The fourth-order valence-electron chi connectivity index (χ4n) is 4.48. The summed E-state index contributed by atoms with van der Waals surface area (Å²) in [5, 5.41) is 8.33.